The number of piperazine rings is 1. The maximum atomic E-state index is 11.1. The van der Waals surface area contributed by atoms with Gasteiger partial charge in [-0.25, -0.2) is 0 Å². The molecular formula is C17H26Cl2N2O2. The van der Waals surface area contributed by atoms with E-state index in [0.717, 1.165) is 38.2 Å². The quantitative estimate of drug-likeness (QED) is 0.496. The van der Waals surface area contributed by atoms with Crippen LogP contribution in [0.1, 0.15) is 31.9 Å². The number of carbonyl (C=O) groups excluding carboxylic acids is 1. The van der Waals surface area contributed by atoms with Crippen LogP contribution in [0.3, 0.4) is 0 Å². The number of halogens is 2. The van der Waals surface area contributed by atoms with Crippen molar-refractivity contribution in [2.75, 3.05) is 26.2 Å². The summed E-state index contributed by atoms with van der Waals surface area (Å²) in [4.78, 5) is 13.6. The molecule has 0 saturated carbocycles. The SMILES string of the molecule is C=C(C)C[C@H](c1cccc(OC(C)=O)c1)N1CCNCC1.Cl.Cl. The Kier molecular flexibility index (Phi) is 10.2. The lowest BCUT2D eigenvalue weighted by Crippen LogP contribution is -2.45. The molecule has 1 saturated heterocycles. The highest BCUT2D eigenvalue weighted by molar-refractivity contribution is 5.85. The van der Waals surface area contributed by atoms with Gasteiger partial charge in [-0.3, -0.25) is 9.69 Å². The summed E-state index contributed by atoms with van der Waals surface area (Å²) in [6.45, 7) is 11.6. The molecule has 1 fully saturated rings. The summed E-state index contributed by atoms with van der Waals surface area (Å²) in [7, 11) is 0. The molecule has 0 spiro atoms. The van der Waals surface area contributed by atoms with Crippen LogP contribution in [0.2, 0.25) is 0 Å². The van der Waals surface area contributed by atoms with Gasteiger partial charge in [-0.15, -0.1) is 31.4 Å². The maximum Gasteiger partial charge on any atom is 0.308 e. The van der Waals surface area contributed by atoms with E-state index in [2.05, 4.69) is 29.8 Å². The van der Waals surface area contributed by atoms with Crippen LogP contribution in [0.5, 0.6) is 5.75 Å². The van der Waals surface area contributed by atoms with E-state index in [1.165, 1.54) is 12.5 Å². The minimum Gasteiger partial charge on any atom is -0.427 e. The van der Waals surface area contributed by atoms with Crippen LogP contribution in [0, 0.1) is 0 Å². The van der Waals surface area contributed by atoms with Crippen molar-refractivity contribution in [3.05, 3.63) is 42.0 Å². The molecular weight excluding hydrogens is 335 g/mol. The topological polar surface area (TPSA) is 41.6 Å². The average molecular weight is 361 g/mol. The number of nitrogens with zero attached hydrogens (tertiary/aromatic N) is 1. The van der Waals surface area contributed by atoms with Crippen molar-refractivity contribution in [2.24, 2.45) is 0 Å². The molecule has 4 nitrogen and oxygen atoms in total. The predicted octanol–water partition coefficient (Wildman–Crippen LogP) is 3.37. The Morgan fingerprint density at radius 3 is 2.52 bits per heavy atom. The number of hydrogen-bond donors (Lipinski definition) is 1. The van der Waals surface area contributed by atoms with Gasteiger partial charge in [0.15, 0.2) is 0 Å². The van der Waals surface area contributed by atoms with Gasteiger partial charge in [0, 0.05) is 39.1 Å². The fraction of sp³-hybridized carbons (Fsp3) is 0.471. The number of hydrogen-bond acceptors (Lipinski definition) is 4. The second kappa shape index (κ2) is 10.7. The molecule has 0 amide bonds. The van der Waals surface area contributed by atoms with E-state index in [9.17, 15) is 4.79 Å². The molecule has 0 bridgehead atoms. The molecule has 0 radical (unpaired) electrons. The molecule has 0 aliphatic carbocycles. The lowest BCUT2D eigenvalue weighted by molar-refractivity contribution is -0.131. The summed E-state index contributed by atoms with van der Waals surface area (Å²) in [6, 6.07) is 8.13. The highest BCUT2D eigenvalue weighted by Crippen LogP contribution is 2.29. The monoisotopic (exact) mass is 360 g/mol. The van der Waals surface area contributed by atoms with E-state index >= 15 is 0 Å². The van der Waals surface area contributed by atoms with Gasteiger partial charge in [0.05, 0.1) is 0 Å². The van der Waals surface area contributed by atoms with E-state index in [4.69, 9.17) is 4.74 Å². The molecule has 2 rings (SSSR count). The Morgan fingerprint density at radius 2 is 1.96 bits per heavy atom. The van der Waals surface area contributed by atoms with Crippen molar-refractivity contribution >= 4 is 30.8 Å². The lowest BCUT2D eigenvalue weighted by Gasteiger charge is -2.35. The standard InChI is InChI=1S/C17H24N2O2.2ClH/c1-13(2)11-17(19-9-7-18-8-10-19)15-5-4-6-16(12-15)21-14(3)20;;/h4-6,12,17-18H,1,7-11H2,2-3H3;2*1H/t17-;;/m1../s1. The third kappa shape index (κ3) is 6.92. The van der Waals surface area contributed by atoms with Crippen molar-refractivity contribution in [3.8, 4) is 5.75 Å². The molecule has 6 heteroatoms. The van der Waals surface area contributed by atoms with Crippen LogP contribution in [0.4, 0.5) is 0 Å². The number of esters is 1. The second-order valence-electron chi connectivity index (χ2n) is 5.63. The fourth-order valence-electron chi connectivity index (χ4n) is 2.73. The minimum absolute atomic E-state index is 0. The molecule has 1 N–H and O–H groups in total. The van der Waals surface area contributed by atoms with Crippen molar-refractivity contribution in [1.29, 1.82) is 0 Å². The van der Waals surface area contributed by atoms with Gasteiger partial charge in [-0.1, -0.05) is 17.7 Å². The van der Waals surface area contributed by atoms with E-state index in [1.807, 2.05) is 18.2 Å². The Hall–Kier alpha value is -1.07. The lowest BCUT2D eigenvalue weighted by atomic mass is 9.98. The summed E-state index contributed by atoms with van der Waals surface area (Å²) < 4.78 is 5.21. The molecule has 1 aliphatic heterocycles. The number of rotatable bonds is 5. The van der Waals surface area contributed by atoms with Crippen LogP contribution in [-0.4, -0.2) is 37.0 Å². The van der Waals surface area contributed by atoms with E-state index in [0.29, 0.717) is 11.8 Å². The smallest absolute Gasteiger partial charge is 0.308 e. The summed E-state index contributed by atoms with van der Waals surface area (Å²) in [5, 5.41) is 3.38. The molecule has 23 heavy (non-hydrogen) atoms. The van der Waals surface area contributed by atoms with Crippen molar-refractivity contribution in [1.82, 2.24) is 10.2 Å². The third-order valence-corrected chi connectivity index (χ3v) is 3.64. The number of ether oxygens (including phenoxy) is 1. The van der Waals surface area contributed by atoms with Gasteiger partial charge in [-0.05, 0) is 31.0 Å². The zero-order valence-corrected chi connectivity index (χ0v) is 15.3. The van der Waals surface area contributed by atoms with Crippen molar-refractivity contribution < 1.29 is 9.53 Å². The number of nitrogens with one attached hydrogen (secondary N) is 1. The largest absolute Gasteiger partial charge is 0.427 e. The zero-order valence-electron chi connectivity index (χ0n) is 13.7. The second-order valence-corrected chi connectivity index (χ2v) is 5.63. The minimum atomic E-state index is -0.286. The summed E-state index contributed by atoms with van der Waals surface area (Å²) in [5.74, 6) is 0.327. The van der Waals surface area contributed by atoms with Gasteiger partial charge in [0.1, 0.15) is 5.75 Å². The summed E-state index contributed by atoms with van der Waals surface area (Å²) in [5.41, 5.74) is 2.34. The Morgan fingerprint density at radius 1 is 1.30 bits per heavy atom. The first kappa shape index (κ1) is 21.9. The van der Waals surface area contributed by atoms with E-state index < -0.39 is 0 Å². The molecule has 1 aromatic carbocycles. The van der Waals surface area contributed by atoms with Crippen LogP contribution in [-0.2, 0) is 4.79 Å². The van der Waals surface area contributed by atoms with Crippen LogP contribution in [0.15, 0.2) is 36.4 Å². The third-order valence-electron chi connectivity index (χ3n) is 3.64. The molecule has 1 aliphatic rings. The first-order chi connectivity index (χ1) is 10.1. The maximum absolute atomic E-state index is 11.1. The van der Waals surface area contributed by atoms with E-state index in [-0.39, 0.29) is 30.8 Å². The molecule has 1 aromatic rings. The molecule has 130 valence electrons. The van der Waals surface area contributed by atoms with Gasteiger partial charge >= 0.3 is 5.97 Å². The van der Waals surface area contributed by atoms with E-state index in [1.54, 1.807) is 0 Å². The number of benzene rings is 1. The van der Waals surface area contributed by atoms with Crippen LogP contribution >= 0.6 is 24.8 Å². The van der Waals surface area contributed by atoms with Crippen molar-refractivity contribution in [3.63, 3.8) is 0 Å². The zero-order chi connectivity index (χ0) is 15.2. The van der Waals surface area contributed by atoms with Gasteiger partial charge in [-0.2, -0.15) is 0 Å². The highest BCUT2D eigenvalue weighted by Gasteiger charge is 2.22. The van der Waals surface area contributed by atoms with Crippen molar-refractivity contribution in [2.45, 2.75) is 26.3 Å². The Bertz CT molecular complexity index is 517. The Labute approximate surface area is 151 Å². The highest BCUT2D eigenvalue weighted by atomic mass is 35.5. The Balaban J connectivity index is 0.00000242. The predicted molar refractivity (Wildman–Crippen MR) is 98.9 cm³/mol. The van der Waals surface area contributed by atoms with Gasteiger partial charge in [0.25, 0.3) is 0 Å². The summed E-state index contributed by atoms with van der Waals surface area (Å²) >= 11 is 0. The molecule has 0 unspecified atom stereocenters. The van der Waals surface area contributed by atoms with Crippen LogP contribution < -0.4 is 10.1 Å². The summed E-state index contributed by atoms with van der Waals surface area (Å²) in [6.07, 6.45) is 0.920. The van der Waals surface area contributed by atoms with Gasteiger partial charge in [0.2, 0.25) is 0 Å². The fourth-order valence-corrected chi connectivity index (χ4v) is 2.73. The molecule has 1 atom stereocenters. The van der Waals surface area contributed by atoms with Crippen LogP contribution in [0.25, 0.3) is 0 Å². The first-order valence-electron chi connectivity index (χ1n) is 7.44. The average Bonchev–Trinajstić information content (AvgIpc) is 2.45. The van der Waals surface area contributed by atoms with Gasteiger partial charge < -0.3 is 10.1 Å². The molecule has 1 heterocycles. The first-order valence-corrected chi connectivity index (χ1v) is 7.44. The normalized spacial score (nSPS) is 15.7. The molecule has 0 aromatic heterocycles. The number of carbonyl (C=O) groups is 1.